The standard InChI is InChI=1S/C16H24O/c1-12(2)7-10-16(17)15-9-8-13-5-3-4-6-14(13)11-15/h3-6,12,15-17H,7-11H2,1-2H3. The van der Waals surface area contributed by atoms with Crippen molar-refractivity contribution in [2.75, 3.05) is 0 Å². The maximum atomic E-state index is 10.2. The van der Waals surface area contributed by atoms with Crippen LogP contribution in [0.3, 0.4) is 0 Å². The molecule has 1 aliphatic rings. The lowest BCUT2D eigenvalue weighted by atomic mass is 9.79. The minimum Gasteiger partial charge on any atom is -0.393 e. The summed E-state index contributed by atoms with van der Waals surface area (Å²) in [5, 5.41) is 10.2. The Morgan fingerprint density at radius 2 is 1.88 bits per heavy atom. The van der Waals surface area contributed by atoms with Crippen LogP contribution in [0.5, 0.6) is 0 Å². The fourth-order valence-electron chi connectivity index (χ4n) is 2.79. The van der Waals surface area contributed by atoms with E-state index in [1.54, 1.807) is 0 Å². The summed E-state index contributed by atoms with van der Waals surface area (Å²) >= 11 is 0. The molecule has 0 saturated carbocycles. The molecule has 2 rings (SSSR count). The van der Waals surface area contributed by atoms with E-state index < -0.39 is 0 Å². The molecule has 0 bridgehead atoms. The van der Waals surface area contributed by atoms with Gasteiger partial charge in [-0.1, -0.05) is 38.1 Å². The highest BCUT2D eigenvalue weighted by Crippen LogP contribution is 2.29. The van der Waals surface area contributed by atoms with Crippen LogP contribution in [-0.2, 0) is 12.8 Å². The largest absolute Gasteiger partial charge is 0.393 e. The first-order valence-electron chi connectivity index (χ1n) is 6.91. The SMILES string of the molecule is CC(C)CCC(O)C1CCc2ccccc2C1. The smallest absolute Gasteiger partial charge is 0.0571 e. The molecule has 0 fully saturated rings. The molecule has 0 heterocycles. The van der Waals surface area contributed by atoms with E-state index >= 15 is 0 Å². The third kappa shape index (κ3) is 3.32. The van der Waals surface area contributed by atoms with Crippen LogP contribution in [0.1, 0.15) is 44.2 Å². The average Bonchev–Trinajstić information content (AvgIpc) is 2.35. The summed E-state index contributed by atoms with van der Waals surface area (Å²) in [6.45, 7) is 4.45. The maximum Gasteiger partial charge on any atom is 0.0571 e. The zero-order valence-corrected chi connectivity index (χ0v) is 11.0. The van der Waals surface area contributed by atoms with Gasteiger partial charge in [-0.25, -0.2) is 0 Å². The Morgan fingerprint density at radius 1 is 1.18 bits per heavy atom. The van der Waals surface area contributed by atoms with Gasteiger partial charge in [-0.05, 0) is 55.1 Å². The Labute approximate surface area is 105 Å². The number of aliphatic hydroxyl groups excluding tert-OH is 1. The first-order valence-corrected chi connectivity index (χ1v) is 6.91. The predicted octanol–water partition coefficient (Wildman–Crippen LogP) is 3.59. The van der Waals surface area contributed by atoms with Crippen molar-refractivity contribution in [3.8, 4) is 0 Å². The van der Waals surface area contributed by atoms with Gasteiger partial charge in [-0.2, -0.15) is 0 Å². The predicted molar refractivity (Wildman–Crippen MR) is 72.0 cm³/mol. The van der Waals surface area contributed by atoms with Gasteiger partial charge in [0.05, 0.1) is 6.10 Å². The lowest BCUT2D eigenvalue weighted by molar-refractivity contribution is 0.0854. The summed E-state index contributed by atoms with van der Waals surface area (Å²) in [6.07, 6.45) is 5.35. The molecule has 1 aromatic rings. The van der Waals surface area contributed by atoms with Gasteiger partial charge in [-0.3, -0.25) is 0 Å². The molecule has 0 amide bonds. The van der Waals surface area contributed by atoms with E-state index in [1.807, 2.05) is 0 Å². The third-order valence-electron chi connectivity index (χ3n) is 3.97. The minimum atomic E-state index is -0.106. The van der Waals surface area contributed by atoms with Gasteiger partial charge in [0.15, 0.2) is 0 Å². The fraction of sp³-hybridized carbons (Fsp3) is 0.625. The van der Waals surface area contributed by atoms with Crippen molar-refractivity contribution >= 4 is 0 Å². The van der Waals surface area contributed by atoms with Gasteiger partial charge in [0.1, 0.15) is 0 Å². The number of benzene rings is 1. The summed E-state index contributed by atoms with van der Waals surface area (Å²) < 4.78 is 0. The van der Waals surface area contributed by atoms with Crippen LogP contribution >= 0.6 is 0 Å². The molecule has 94 valence electrons. The number of hydrogen-bond donors (Lipinski definition) is 1. The van der Waals surface area contributed by atoms with Gasteiger partial charge in [0.25, 0.3) is 0 Å². The summed E-state index contributed by atoms with van der Waals surface area (Å²) in [6, 6.07) is 8.68. The lowest BCUT2D eigenvalue weighted by Crippen LogP contribution is -2.27. The molecule has 0 aliphatic heterocycles. The molecule has 1 nitrogen and oxygen atoms in total. The maximum absolute atomic E-state index is 10.2. The molecule has 0 spiro atoms. The molecular formula is C16H24O. The van der Waals surface area contributed by atoms with Crippen molar-refractivity contribution in [2.24, 2.45) is 11.8 Å². The molecule has 2 unspecified atom stereocenters. The molecule has 1 N–H and O–H groups in total. The van der Waals surface area contributed by atoms with Crippen LogP contribution in [-0.4, -0.2) is 11.2 Å². The highest BCUT2D eigenvalue weighted by molar-refractivity contribution is 5.29. The highest BCUT2D eigenvalue weighted by atomic mass is 16.3. The van der Waals surface area contributed by atoms with E-state index in [4.69, 9.17) is 0 Å². The molecule has 1 heteroatoms. The second-order valence-corrected chi connectivity index (χ2v) is 5.81. The van der Waals surface area contributed by atoms with Gasteiger partial charge in [0.2, 0.25) is 0 Å². The Hall–Kier alpha value is -0.820. The van der Waals surface area contributed by atoms with Crippen molar-refractivity contribution in [3.63, 3.8) is 0 Å². The van der Waals surface area contributed by atoms with Gasteiger partial charge >= 0.3 is 0 Å². The second-order valence-electron chi connectivity index (χ2n) is 5.81. The average molecular weight is 232 g/mol. The van der Waals surface area contributed by atoms with E-state index in [0.29, 0.717) is 11.8 Å². The number of aryl methyl sites for hydroxylation is 1. The Kier molecular flexibility index (Phi) is 4.22. The van der Waals surface area contributed by atoms with E-state index in [9.17, 15) is 5.11 Å². The van der Waals surface area contributed by atoms with E-state index in [-0.39, 0.29) is 6.10 Å². The molecule has 0 saturated heterocycles. The van der Waals surface area contributed by atoms with Crippen LogP contribution in [0.25, 0.3) is 0 Å². The second kappa shape index (κ2) is 5.68. The Bertz CT molecular complexity index is 356. The van der Waals surface area contributed by atoms with Crippen molar-refractivity contribution in [3.05, 3.63) is 35.4 Å². The van der Waals surface area contributed by atoms with E-state index in [2.05, 4.69) is 38.1 Å². The normalized spacial score (nSPS) is 21.3. The Balaban J connectivity index is 1.93. The summed E-state index contributed by atoms with van der Waals surface area (Å²) in [4.78, 5) is 0. The first-order chi connectivity index (χ1) is 8.16. The van der Waals surface area contributed by atoms with E-state index in [1.165, 1.54) is 11.1 Å². The quantitative estimate of drug-likeness (QED) is 0.841. The van der Waals surface area contributed by atoms with E-state index in [0.717, 1.165) is 32.1 Å². The molecular weight excluding hydrogens is 208 g/mol. The number of rotatable bonds is 4. The highest BCUT2D eigenvalue weighted by Gasteiger charge is 2.24. The number of hydrogen-bond acceptors (Lipinski definition) is 1. The van der Waals surface area contributed by atoms with Crippen LogP contribution < -0.4 is 0 Å². The lowest BCUT2D eigenvalue weighted by Gasteiger charge is -2.28. The summed E-state index contributed by atoms with van der Waals surface area (Å²) in [7, 11) is 0. The molecule has 1 aromatic carbocycles. The number of aliphatic hydroxyl groups is 1. The van der Waals surface area contributed by atoms with Gasteiger partial charge < -0.3 is 5.11 Å². The summed E-state index contributed by atoms with van der Waals surface area (Å²) in [5.74, 6) is 1.17. The topological polar surface area (TPSA) is 20.2 Å². The zero-order valence-electron chi connectivity index (χ0n) is 11.0. The van der Waals surface area contributed by atoms with Gasteiger partial charge in [-0.15, -0.1) is 0 Å². The van der Waals surface area contributed by atoms with Crippen LogP contribution in [0.15, 0.2) is 24.3 Å². The van der Waals surface area contributed by atoms with Crippen LogP contribution in [0, 0.1) is 11.8 Å². The number of fused-ring (bicyclic) bond motifs is 1. The monoisotopic (exact) mass is 232 g/mol. The first kappa shape index (κ1) is 12.6. The van der Waals surface area contributed by atoms with Crippen molar-refractivity contribution < 1.29 is 5.11 Å². The van der Waals surface area contributed by atoms with Gasteiger partial charge in [0, 0.05) is 0 Å². The van der Waals surface area contributed by atoms with Crippen LogP contribution in [0.4, 0.5) is 0 Å². The molecule has 0 aromatic heterocycles. The van der Waals surface area contributed by atoms with Crippen molar-refractivity contribution in [2.45, 2.75) is 52.1 Å². The van der Waals surface area contributed by atoms with Crippen molar-refractivity contribution in [1.82, 2.24) is 0 Å². The molecule has 0 radical (unpaired) electrons. The zero-order chi connectivity index (χ0) is 12.3. The van der Waals surface area contributed by atoms with Crippen molar-refractivity contribution in [1.29, 1.82) is 0 Å². The minimum absolute atomic E-state index is 0.106. The Morgan fingerprint density at radius 3 is 2.59 bits per heavy atom. The molecule has 2 atom stereocenters. The molecule has 17 heavy (non-hydrogen) atoms. The summed E-state index contributed by atoms with van der Waals surface area (Å²) in [5.41, 5.74) is 2.94. The van der Waals surface area contributed by atoms with Crippen LogP contribution in [0.2, 0.25) is 0 Å². The molecule has 1 aliphatic carbocycles. The third-order valence-corrected chi connectivity index (χ3v) is 3.97. The fourth-order valence-corrected chi connectivity index (χ4v) is 2.79.